The van der Waals surface area contributed by atoms with Crippen molar-refractivity contribution in [3.63, 3.8) is 0 Å². The number of nitrogens with zero attached hydrogens (tertiary/aromatic N) is 1. The van der Waals surface area contributed by atoms with Crippen LogP contribution in [0.25, 0.3) is 0 Å². The van der Waals surface area contributed by atoms with E-state index in [-0.39, 0.29) is 54.7 Å². The molecule has 474 valence electrons. The van der Waals surface area contributed by atoms with E-state index in [1.165, 1.54) is 11.8 Å². The number of benzene rings is 2. The molecule has 0 bridgehead atoms. The van der Waals surface area contributed by atoms with Crippen molar-refractivity contribution in [2.24, 2.45) is 35.1 Å². The number of hydrogen-bond donors (Lipinski definition) is 8. The molecule has 84 heavy (non-hydrogen) atoms. The number of fused-ring (bicyclic) bond motifs is 1. The molecule has 1 aliphatic heterocycles. The zero-order valence-electron chi connectivity index (χ0n) is 49.3. The number of likely N-dealkylation sites (tertiary alicyclic amines) is 1. The van der Waals surface area contributed by atoms with Crippen LogP contribution in [0.5, 0.6) is 5.75 Å². The van der Waals surface area contributed by atoms with Crippen molar-refractivity contribution in [2.45, 2.75) is 192 Å². The van der Waals surface area contributed by atoms with Crippen LogP contribution in [0, 0.1) is 30.6 Å². The summed E-state index contributed by atoms with van der Waals surface area (Å²) >= 11 is 1.54. The predicted molar refractivity (Wildman–Crippen MR) is 304 cm³/mol. The van der Waals surface area contributed by atoms with Crippen LogP contribution in [0.1, 0.15) is 148 Å². The van der Waals surface area contributed by atoms with E-state index in [1.54, 1.807) is 25.1 Å². The summed E-state index contributed by atoms with van der Waals surface area (Å²) in [6.07, 6.45) is -1.71. The number of carbonyl (C=O) groups excluding carboxylic acids is 6. The van der Waals surface area contributed by atoms with Crippen LogP contribution in [0.3, 0.4) is 0 Å². The van der Waals surface area contributed by atoms with E-state index in [9.17, 15) is 55.1 Å². The Balaban J connectivity index is 0.00000152. The van der Waals surface area contributed by atoms with Gasteiger partial charge < -0.3 is 52.4 Å². The Morgan fingerprint density at radius 1 is 0.702 bits per heavy atom. The average Bonchev–Trinajstić information content (AvgIpc) is 3.57. The van der Waals surface area contributed by atoms with Crippen molar-refractivity contribution < 1.29 is 84.4 Å². The fourth-order valence-corrected chi connectivity index (χ4v) is 10.1. The summed E-state index contributed by atoms with van der Waals surface area (Å²) in [7, 11) is 0. The van der Waals surface area contributed by atoms with E-state index in [0.29, 0.717) is 93.3 Å². The summed E-state index contributed by atoms with van der Waals surface area (Å²) in [5.41, 5.74) is 12.3. The van der Waals surface area contributed by atoms with Gasteiger partial charge in [-0.15, -0.1) is 11.8 Å². The van der Waals surface area contributed by atoms with Gasteiger partial charge in [-0.25, -0.2) is 9.59 Å². The number of esters is 2. The second-order valence-corrected chi connectivity index (χ2v) is 23.8. The van der Waals surface area contributed by atoms with Gasteiger partial charge in [0.05, 0.1) is 24.2 Å². The maximum absolute atomic E-state index is 14.6. The zero-order valence-corrected chi connectivity index (χ0v) is 50.1. The Kier molecular flexibility index (Phi) is 31.9. The van der Waals surface area contributed by atoms with E-state index >= 15 is 0 Å². The molecular weight excluding hydrogens is 1130 g/mol. The number of carboxylic acids is 2. The number of amides is 4. The lowest BCUT2D eigenvalue weighted by molar-refractivity contribution is -0.193. The summed E-state index contributed by atoms with van der Waals surface area (Å²) in [5, 5.41) is 26.5. The van der Waals surface area contributed by atoms with E-state index in [4.69, 9.17) is 40.7 Å². The highest BCUT2D eigenvalue weighted by Gasteiger charge is 2.43. The number of piperidine rings is 1. The standard InChI is InChI=1S/C54H85N7O8S.2C2HF3O2/c1-35(2)48(55)52(66)57-29-18-10-14-27-46(62)68-44-26-20-25-41(37(44)5)50(64)59-42(34-70-40-23-12-9-13-24-40)45(69-47(63)28-15-11-19-30-58-53(67)49(56)36(3)4)33-61-32-39-22-17-16-21-38(39)31-43(61)51(65)60-54(6,7)8;2*3-2(4,5)1(6)7/h9,12-13,20,23-26,35-36,38-39,42-43,45,48-49H,10-11,14-19,21-22,27-34,55-56H2,1-8H3,(H,57,66)(H,58,67)(H,59,64)(H,60,65);2*(H,6,7)/t38-,39+,42-,43-,45+,48-,49+;;/m0../s1. The number of halogens is 6. The Labute approximate surface area is 492 Å². The third-order valence-corrected chi connectivity index (χ3v) is 15.1. The summed E-state index contributed by atoms with van der Waals surface area (Å²) in [6.45, 7) is 17.1. The monoisotopic (exact) mass is 1220 g/mol. The maximum Gasteiger partial charge on any atom is 0.490 e. The third kappa shape index (κ3) is 28.3. The van der Waals surface area contributed by atoms with Crippen molar-refractivity contribution in [1.82, 2.24) is 26.2 Å². The number of carbonyl (C=O) groups is 8. The van der Waals surface area contributed by atoms with Crippen molar-refractivity contribution in [1.29, 1.82) is 0 Å². The Hall–Kier alpha value is -5.99. The third-order valence-electron chi connectivity index (χ3n) is 13.9. The number of nitrogens with one attached hydrogen (secondary N) is 4. The maximum atomic E-state index is 14.6. The summed E-state index contributed by atoms with van der Waals surface area (Å²) < 4.78 is 75.8. The number of nitrogens with two attached hydrogens (primary N) is 2. The van der Waals surface area contributed by atoms with Crippen LogP contribution < -0.4 is 37.5 Å². The smallest absolute Gasteiger partial charge is 0.475 e. The predicted octanol–water partition coefficient (Wildman–Crippen LogP) is 8.08. The fourth-order valence-electron chi connectivity index (χ4n) is 9.07. The number of aliphatic carboxylic acids is 2. The highest BCUT2D eigenvalue weighted by Crippen LogP contribution is 2.39. The first-order chi connectivity index (χ1) is 39.1. The number of hydrogen-bond acceptors (Lipinski definition) is 14. The second kappa shape index (κ2) is 36.1. The van der Waals surface area contributed by atoms with Crippen LogP contribution in [-0.4, -0.2) is 143 Å². The molecular formula is C58H87F6N7O12S. The summed E-state index contributed by atoms with van der Waals surface area (Å²) in [6, 6.07) is 12.6. The Bertz CT molecular complexity index is 2410. The van der Waals surface area contributed by atoms with Gasteiger partial charge in [-0.1, -0.05) is 84.1 Å². The van der Waals surface area contributed by atoms with E-state index in [1.807, 2.05) is 78.8 Å². The molecule has 10 N–H and O–H groups in total. The molecule has 19 nitrogen and oxygen atoms in total. The zero-order chi connectivity index (χ0) is 63.5. The van der Waals surface area contributed by atoms with Gasteiger partial charge in [0.1, 0.15) is 11.9 Å². The first kappa shape index (κ1) is 74.1. The molecule has 0 radical (unpaired) electrons. The highest BCUT2D eigenvalue weighted by atomic mass is 32.2. The topological polar surface area (TPSA) is 299 Å². The van der Waals surface area contributed by atoms with Crippen LogP contribution in [0.2, 0.25) is 0 Å². The minimum atomic E-state index is -5.08. The quantitative estimate of drug-likeness (QED) is 0.0138. The van der Waals surface area contributed by atoms with Gasteiger partial charge in [-0.05, 0) is 114 Å². The van der Waals surface area contributed by atoms with E-state index in [2.05, 4.69) is 26.2 Å². The minimum Gasteiger partial charge on any atom is -0.475 e. The van der Waals surface area contributed by atoms with E-state index in [0.717, 1.165) is 30.6 Å². The minimum absolute atomic E-state index is 0.0225. The molecule has 1 aliphatic carbocycles. The Morgan fingerprint density at radius 3 is 1.69 bits per heavy atom. The summed E-state index contributed by atoms with van der Waals surface area (Å²) in [5.74, 6) is -5.68. The molecule has 0 aromatic heterocycles. The van der Waals surface area contributed by atoms with Gasteiger partial charge in [-0.2, -0.15) is 26.3 Å². The van der Waals surface area contributed by atoms with Gasteiger partial charge in [0.2, 0.25) is 17.7 Å². The molecule has 2 fully saturated rings. The van der Waals surface area contributed by atoms with Gasteiger partial charge in [0, 0.05) is 66.3 Å². The average molecular weight is 1220 g/mol. The molecule has 2 aromatic rings. The van der Waals surface area contributed by atoms with Gasteiger partial charge in [0.25, 0.3) is 5.91 Å². The number of carboxylic acid groups (broad SMARTS) is 2. The van der Waals surface area contributed by atoms with Gasteiger partial charge in [-0.3, -0.25) is 33.7 Å². The highest BCUT2D eigenvalue weighted by molar-refractivity contribution is 7.99. The molecule has 0 spiro atoms. The molecule has 2 aliphatic rings. The van der Waals surface area contributed by atoms with Crippen LogP contribution in [0.4, 0.5) is 26.3 Å². The SMILES string of the molecule is Cc1c(OC(=O)CCCCCNC(=O)[C@@H](N)C(C)C)cccc1C(=O)N[C@@H](CSc1ccccc1)[C@@H](CN1C[C@H]2CCCC[C@H]2C[C@H]1C(=O)NC(C)(C)C)OC(=O)CCCCCNC(=O)[C@H](N)C(C)C.O=C(O)C(F)(F)F.O=C(O)C(F)(F)F. The normalized spacial score (nSPS) is 17.7. The molecule has 7 atom stereocenters. The molecule has 4 amide bonds. The van der Waals surface area contributed by atoms with Crippen LogP contribution in [-0.2, 0) is 38.3 Å². The lowest BCUT2D eigenvalue weighted by Gasteiger charge is -2.47. The summed E-state index contributed by atoms with van der Waals surface area (Å²) in [4.78, 5) is 101. The molecule has 26 heteroatoms. The number of unbranched alkanes of at least 4 members (excludes halogenated alkanes) is 4. The molecule has 2 aromatic carbocycles. The fraction of sp³-hybridized carbons (Fsp3) is 0.655. The van der Waals surface area contributed by atoms with Gasteiger partial charge >= 0.3 is 36.2 Å². The van der Waals surface area contributed by atoms with Crippen LogP contribution in [0.15, 0.2) is 53.4 Å². The molecule has 1 heterocycles. The lowest BCUT2D eigenvalue weighted by Crippen LogP contribution is -2.61. The van der Waals surface area contributed by atoms with Crippen molar-refractivity contribution in [2.75, 3.05) is 31.9 Å². The number of alkyl halides is 6. The number of ether oxygens (including phenoxy) is 2. The van der Waals surface area contributed by atoms with E-state index < -0.39 is 77.9 Å². The molecule has 0 unspecified atom stereocenters. The second-order valence-electron chi connectivity index (χ2n) is 22.7. The van der Waals surface area contributed by atoms with Crippen molar-refractivity contribution in [3.05, 3.63) is 59.7 Å². The Morgan fingerprint density at radius 2 is 1.20 bits per heavy atom. The van der Waals surface area contributed by atoms with Gasteiger partial charge in [0.15, 0.2) is 0 Å². The molecule has 1 saturated carbocycles. The molecule has 4 rings (SSSR count). The van der Waals surface area contributed by atoms with Crippen molar-refractivity contribution in [3.8, 4) is 5.75 Å². The van der Waals surface area contributed by atoms with Crippen molar-refractivity contribution >= 4 is 59.3 Å². The first-order valence-corrected chi connectivity index (χ1v) is 29.3. The first-order valence-electron chi connectivity index (χ1n) is 28.3. The number of rotatable bonds is 27. The van der Waals surface area contributed by atoms with Crippen LogP contribution >= 0.6 is 11.8 Å². The lowest BCUT2D eigenvalue weighted by atomic mass is 9.72. The largest absolute Gasteiger partial charge is 0.490 e. The number of thioether (sulfide) groups is 1. The molecule has 1 saturated heterocycles.